The Morgan fingerprint density at radius 2 is 2.05 bits per heavy atom. The number of carboxylic acids is 1. The average molecular weight is 297 g/mol. The predicted molar refractivity (Wildman–Crippen MR) is 80.1 cm³/mol. The summed E-state index contributed by atoms with van der Waals surface area (Å²) in [5, 5.41) is 15.8. The van der Waals surface area contributed by atoms with Gasteiger partial charge in [-0.05, 0) is 38.1 Å². The second-order valence-electron chi connectivity index (χ2n) is 6.60. The number of carbonyl (C=O) groups excluding carboxylic acids is 1. The van der Waals surface area contributed by atoms with Crippen LogP contribution >= 0.6 is 0 Å². The van der Waals surface area contributed by atoms with Crippen molar-refractivity contribution in [2.24, 2.45) is 11.3 Å². The van der Waals surface area contributed by atoms with Gasteiger partial charge in [-0.3, -0.25) is 4.79 Å². The molecule has 2 amide bonds. The van der Waals surface area contributed by atoms with Gasteiger partial charge in [-0.2, -0.15) is 0 Å². The van der Waals surface area contributed by atoms with Crippen LogP contribution in [-0.4, -0.2) is 54.2 Å². The zero-order chi connectivity index (χ0) is 15.5. The van der Waals surface area contributed by atoms with Crippen molar-refractivity contribution >= 4 is 12.0 Å². The number of amides is 2. The summed E-state index contributed by atoms with van der Waals surface area (Å²) < 4.78 is 0. The van der Waals surface area contributed by atoms with Gasteiger partial charge in [0.1, 0.15) is 0 Å². The van der Waals surface area contributed by atoms with Gasteiger partial charge in [-0.25, -0.2) is 4.79 Å². The van der Waals surface area contributed by atoms with E-state index in [2.05, 4.69) is 10.6 Å². The molecule has 2 rings (SSSR count). The number of nitrogens with one attached hydrogen (secondary N) is 2. The van der Waals surface area contributed by atoms with Crippen LogP contribution in [0.3, 0.4) is 0 Å². The van der Waals surface area contributed by atoms with E-state index in [1.807, 2.05) is 13.8 Å². The molecule has 2 fully saturated rings. The number of likely N-dealkylation sites (tertiary alicyclic amines) is 1. The molecule has 21 heavy (non-hydrogen) atoms. The van der Waals surface area contributed by atoms with E-state index < -0.39 is 11.4 Å². The SMILES string of the molecule is CC(C)C1(C(=O)O)CCN(C(=O)NCCCNC2CC2)C1. The quantitative estimate of drug-likeness (QED) is 0.618. The van der Waals surface area contributed by atoms with Crippen molar-refractivity contribution < 1.29 is 14.7 Å². The van der Waals surface area contributed by atoms with Crippen LogP contribution in [0.25, 0.3) is 0 Å². The fourth-order valence-corrected chi connectivity index (χ4v) is 2.89. The molecule has 0 radical (unpaired) electrons. The molecule has 0 bridgehead atoms. The van der Waals surface area contributed by atoms with E-state index in [0.29, 0.717) is 32.1 Å². The van der Waals surface area contributed by atoms with Crippen molar-refractivity contribution in [3.8, 4) is 0 Å². The Bertz CT molecular complexity index is 396. The van der Waals surface area contributed by atoms with Crippen LogP contribution in [0.15, 0.2) is 0 Å². The van der Waals surface area contributed by atoms with E-state index in [-0.39, 0.29) is 11.9 Å². The highest BCUT2D eigenvalue weighted by Gasteiger charge is 2.48. The van der Waals surface area contributed by atoms with Crippen molar-refractivity contribution in [1.29, 1.82) is 0 Å². The number of hydrogen-bond donors (Lipinski definition) is 3. The molecule has 6 nitrogen and oxygen atoms in total. The van der Waals surface area contributed by atoms with Crippen LogP contribution in [0.5, 0.6) is 0 Å². The maximum absolute atomic E-state index is 12.1. The molecular formula is C15H27N3O3. The Hall–Kier alpha value is -1.30. The van der Waals surface area contributed by atoms with Gasteiger partial charge >= 0.3 is 12.0 Å². The summed E-state index contributed by atoms with van der Waals surface area (Å²) in [7, 11) is 0. The van der Waals surface area contributed by atoms with Crippen LogP contribution in [0.1, 0.15) is 39.5 Å². The minimum Gasteiger partial charge on any atom is -0.481 e. The van der Waals surface area contributed by atoms with E-state index in [9.17, 15) is 14.7 Å². The first-order chi connectivity index (χ1) is 9.95. The molecule has 1 aliphatic heterocycles. The smallest absolute Gasteiger partial charge is 0.317 e. The van der Waals surface area contributed by atoms with Gasteiger partial charge in [0.15, 0.2) is 0 Å². The van der Waals surface area contributed by atoms with Crippen LogP contribution in [0.4, 0.5) is 4.79 Å². The first kappa shape index (κ1) is 16.1. The van der Waals surface area contributed by atoms with Gasteiger partial charge in [0.2, 0.25) is 0 Å². The van der Waals surface area contributed by atoms with Crippen molar-refractivity contribution in [2.75, 3.05) is 26.2 Å². The Labute approximate surface area is 126 Å². The molecule has 1 heterocycles. The zero-order valence-electron chi connectivity index (χ0n) is 13.0. The molecule has 2 aliphatic rings. The first-order valence-electron chi connectivity index (χ1n) is 7.95. The molecule has 1 aliphatic carbocycles. The van der Waals surface area contributed by atoms with Crippen LogP contribution < -0.4 is 10.6 Å². The highest BCUT2D eigenvalue weighted by molar-refractivity contribution is 5.80. The number of hydrogen-bond acceptors (Lipinski definition) is 3. The molecule has 1 saturated carbocycles. The second-order valence-corrected chi connectivity index (χ2v) is 6.60. The van der Waals surface area contributed by atoms with E-state index in [1.165, 1.54) is 12.8 Å². The lowest BCUT2D eigenvalue weighted by Crippen LogP contribution is -2.44. The number of rotatable bonds is 7. The summed E-state index contributed by atoms with van der Waals surface area (Å²) in [6, 6.07) is 0.562. The van der Waals surface area contributed by atoms with Crippen molar-refractivity contribution in [3.05, 3.63) is 0 Å². The standard InChI is InChI=1S/C15H27N3O3/c1-11(2)15(13(19)20)6-9-18(10-15)14(21)17-8-3-7-16-12-4-5-12/h11-12,16H,3-10H2,1-2H3,(H,17,21)(H,19,20). The monoisotopic (exact) mass is 297 g/mol. The largest absolute Gasteiger partial charge is 0.481 e. The molecule has 0 aromatic carbocycles. The average Bonchev–Trinajstić information content (AvgIpc) is 3.13. The van der Waals surface area contributed by atoms with E-state index in [1.54, 1.807) is 4.90 Å². The summed E-state index contributed by atoms with van der Waals surface area (Å²) in [5.41, 5.74) is -0.787. The lowest BCUT2D eigenvalue weighted by Gasteiger charge is -2.28. The van der Waals surface area contributed by atoms with Gasteiger partial charge in [-0.15, -0.1) is 0 Å². The Balaban J connectivity index is 1.71. The Kier molecular flexibility index (Phi) is 5.08. The summed E-state index contributed by atoms with van der Waals surface area (Å²) in [6.45, 7) is 6.23. The summed E-state index contributed by atoms with van der Waals surface area (Å²) in [5.74, 6) is -0.767. The maximum Gasteiger partial charge on any atom is 0.317 e. The van der Waals surface area contributed by atoms with E-state index in [0.717, 1.165) is 13.0 Å². The number of aliphatic carboxylic acids is 1. The molecule has 0 spiro atoms. The summed E-state index contributed by atoms with van der Waals surface area (Å²) in [6.07, 6.45) is 3.99. The fourth-order valence-electron chi connectivity index (χ4n) is 2.89. The number of urea groups is 1. The zero-order valence-corrected chi connectivity index (χ0v) is 13.0. The third-order valence-electron chi connectivity index (χ3n) is 4.76. The van der Waals surface area contributed by atoms with Crippen molar-refractivity contribution in [2.45, 2.75) is 45.6 Å². The van der Waals surface area contributed by atoms with Crippen molar-refractivity contribution in [1.82, 2.24) is 15.5 Å². The number of nitrogens with zero attached hydrogens (tertiary/aromatic N) is 1. The van der Waals surface area contributed by atoms with Gasteiger partial charge in [0.25, 0.3) is 0 Å². The minimum atomic E-state index is -0.790. The Morgan fingerprint density at radius 1 is 1.33 bits per heavy atom. The summed E-state index contributed by atoms with van der Waals surface area (Å²) in [4.78, 5) is 25.3. The van der Waals surface area contributed by atoms with Crippen LogP contribution in [0.2, 0.25) is 0 Å². The molecule has 6 heteroatoms. The third kappa shape index (κ3) is 3.87. The van der Waals surface area contributed by atoms with Gasteiger partial charge in [-0.1, -0.05) is 13.8 Å². The topological polar surface area (TPSA) is 81.7 Å². The molecule has 120 valence electrons. The van der Waals surface area contributed by atoms with Gasteiger partial charge < -0.3 is 20.6 Å². The highest BCUT2D eigenvalue weighted by Crippen LogP contribution is 2.38. The lowest BCUT2D eigenvalue weighted by molar-refractivity contribution is -0.150. The van der Waals surface area contributed by atoms with Crippen LogP contribution in [-0.2, 0) is 4.79 Å². The number of carbonyl (C=O) groups is 2. The molecule has 0 aromatic rings. The first-order valence-corrected chi connectivity index (χ1v) is 7.95. The third-order valence-corrected chi connectivity index (χ3v) is 4.76. The van der Waals surface area contributed by atoms with Crippen molar-refractivity contribution in [3.63, 3.8) is 0 Å². The van der Waals surface area contributed by atoms with Gasteiger partial charge in [0, 0.05) is 25.7 Å². The fraction of sp³-hybridized carbons (Fsp3) is 0.867. The van der Waals surface area contributed by atoms with Crippen LogP contribution in [0, 0.1) is 11.3 Å². The number of carboxylic acid groups (broad SMARTS) is 1. The molecule has 1 atom stereocenters. The highest BCUT2D eigenvalue weighted by atomic mass is 16.4. The molecule has 0 aromatic heterocycles. The predicted octanol–water partition coefficient (Wildman–Crippen LogP) is 1.27. The maximum atomic E-state index is 12.1. The normalized spacial score (nSPS) is 25.4. The summed E-state index contributed by atoms with van der Waals surface area (Å²) >= 11 is 0. The Morgan fingerprint density at radius 3 is 2.57 bits per heavy atom. The molecular weight excluding hydrogens is 270 g/mol. The van der Waals surface area contributed by atoms with Gasteiger partial charge in [0.05, 0.1) is 5.41 Å². The molecule has 1 saturated heterocycles. The lowest BCUT2D eigenvalue weighted by atomic mass is 9.76. The molecule has 1 unspecified atom stereocenters. The van der Waals surface area contributed by atoms with E-state index >= 15 is 0 Å². The second kappa shape index (κ2) is 6.64. The molecule has 3 N–H and O–H groups in total. The van der Waals surface area contributed by atoms with E-state index in [4.69, 9.17) is 0 Å². The minimum absolute atomic E-state index is 0.0236.